The quantitative estimate of drug-likeness (QED) is 0.496. The second kappa shape index (κ2) is 6.35. The van der Waals surface area contributed by atoms with Crippen LogP contribution in [0, 0.1) is 10.1 Å². The van der Waals surface area contributed by atoms with Gasteiger partial charge in [0.15, 0.2) is 0 Å². The molecule has 0 fully saturated rings. The van der Waals surface area contributed by atoms with Crippen molar-refractivity contribution in [2.24, 2.45) is 5.73 Å². The van der Waals surface area contributed by atoms with E-state index < -0.39 is 34.3 Å². The Morgan fingerprint density at radius 2 is 2.14 bits per heavy atom. The lowest BCUT2D eigenvalue weighted by Crippen LogP contribution is -2.35. The highest BCUT2D eigenvalue weighted by molar-refractivity contribution is 5.96. The lowest BCUT2D eigenvalue weighted by atomic mass is 10.1. The molecular formula is C12H12F3N3O3. The van der Waals surface area contributed by atoms with Crippen LogP contribution in [0.1, 0.15) is 12.0 Å². The highest BCUT2D eigenvalue weighted by Gasteiger charge is 2.33. The van der Waals surface area contributed by atoms with Crippen LogP contribution in [0.25, 0.3) is 0 Å². The summed E-state index contributed by atoms with van der Waals surface area (Å²) in [6, 6.07) is 0.819. The summed E-state index contributed by atoms with van der Waals surface area (Å²) in [6.45, 7) is 3.38. The molecule has 1 aromatic rings. The van der Waals surface area contributed by atoms with Crippen LogP contribution in [0.4, 0.5) is 24.5 Å². The number of nitro groups is 1. The number of nitrogens with zero attached hydrogens (tertiary/aromatic N) is 1. The van der Waals surface area contributed by atoms with Crippen LogP contribution in [-0.2, 0) is 11.0 Å². The Hall–Kier alpha value is -2.42. The first-order chi connectivity index (χ1) is 9.66. The number of nitrogens with one attached hydrogen (secondary N) is 1. The number of halogens is 3. The van der Waals surface area contributed by atoms with Crippen LogP contribution in [0.3, 0.4) is 0 Å². The van der Waals surface area contributed by atoms with Crippen molar-refractivity contribution >= 4 is 17.3 Å². The average Bonchev–Trinajstić information content (AvgIpc) is 2.37. The normalized spacial score (nSPS) is 12.6. The molecule has 1 rings (SSSR count). The third-order valence-electron chi connectivity index (χ3n) is 2.54. The standard InChI is InChI=1S/C12H12F3N3O3/c1-2-3-8(16)11(19)17-9-5-4-7(12(13,14)15)6-10(9)18(20)21/h2,4-6,8H,1,3,16H2,(H,17,19). The van der Waals surface area contributed by atoms with E-state index in [4.69, 9.17) is 5.73 Å². The second-order valence-electron chi connectivity index (χ2n) is 4.11. The number of hydrogen-bond donors (Lipinski definition) is 2. The lowest BCUT2D eigenvalue weighted by Gasteiger charge is -2.12. The molecule has 1 atom stereocenters. The molecule has 114 valence electrons. The van der Waals surface area contributed by atoms with Gasteiger partial charge >= 0.3 is 6.18 Å². The molecule has 0 aliphatic rings. The van der Waals surface area contributed by atoms with E-state index >= 15 is 0 Å². The molecule has 0 radical (unpaired) electrons. The summed E-state index contributed by atoms with van der Waals surface area (Å²) in [4.78, 5) is 21.4. The first kappa shape index (κ1) is 16.6. The average molecular weight is 303 g/mol. The van der Waals surface area contributed by atoms with Gasteiger partial charge in [0.05, 0.1) is 16.5 Å². The zero-order valence-electron chi connectivity index (χ0n) is 10.7. The van der Waals surface area contributed by atoms with Gasteiger partial charge in [-0.15, -0.1) is 6.58 Å². The molecular weight excluding hydrogens is 291 g/mol. The topological polar surface area (TPSA) is 98.3 Å². The van der Waals surface area contributed by atoms with Crippen LogP contribution in [0.5, 0.6) is 0 Å². The van der Waals surface area contributed by atoms with Gasteiger partial charge in [0.2, 0.25) is 5.91 Å². The molecule has 21 heavy (non-hydrogen) atoms. The fourth-order valence-corrected chi connectivity index (χ4v) is 1.48. The maximum atomic E-state index is 12.5. The highest BCUT2D eigenvalue weighted by atomic mass is 19.4. The number of anilines is 1. The summed E-state index contributed by atoms with van der Waals surface area (Å²) in [6.07, 6.45) is -3.21. The summed E-state index contributed by atoms with van der Waals surface area (Å²) in [5, 5.41) is 13.0. The van der Waals surface area contributed by atoms with Gasteiger partial charge < -0.3 is 11.1 Å². The van der Waals surface area contributed by atoms with Gasteiger partial charge in [-0.1, -0.05) is 6.08 Å². The van der Waals surface area contributed by atoms with Crippen molar-refractivity contribution in [3.63, 3.8) is 0 Å². The number of nitrogens with two attached hydrogens (primary N) is 1. The zero-order valence-corrected chi connectivity index (χ0v) is 10.7. The van der Waals surface area contributed by atoms with Crippen molar-refractivity contribution in [2.45, 2.75) is 18.6 Å². The fourth-order valence-electron chi connectivity index (χ4n) is 1.48. The number of hydrogen-bond acceptors (Lipinski definition) is 4. The van der Waals surface area contributed by atoms with E-state index in [0.717, 1.165) is 6.07 Å². The van der Waals surface area contributed by atoms with E-state index in [-0.39, 0.29) is 12.1 Å². The Morgan fingerprint density at radius 1 is 1.52 bits per heavy atom. The minimum atomic E-state index is -4.72. The molecule has 0 aromatic heterocycles. The van der Waals surface area contributed by atoms with E-state index in [9.17, 15) is 28.1 Å². The molecule has 0 aliphatic carbocycles. The van der Waals surface area contributed by atoms with Crippen LogP contribution >= 0.6 is 0 Å². The lowest BCUT2D eigenvalue weighted by molar-refractivity contribution is -0.384. The fraction of sp³-hybridized carbons (Fsp3) is 0.250. The Balaban J connectivity index is 3.10. The van der Waals surface area contributed by atoms with Crippen molar-refractivity contribution in [3.05, 3.63) is 46.5 Å². The van der Waals surface area contributed by atoms with E-state index in [1.54, 1.807) is 0 Å². The Labute approximate surface area is 117 Å². The molecule has 1 aromatic carbocycles. The smallest absolute Gasteiger partial charge is 0.320 e. The summed E-state index contributed by atoms with van der Waals surface area (Å²) in [5.41, 5.74) is 3.08. The van der Waals surface area contributed by atoms with Crippen LogP contribution in [0.15, 0.2) is 30.9 Å². The number of carbonyl (C=O) groups excluding carboxylic acids is 1. The maximum absolute atomic E-state index is 12.5. The van der Waals surface area contributed by atoms with Gasteiger partial charge in [0, 0.05) is 6.07 Å². The van der Waals surface area contributed by atoms with Gasteiger partial charge in [0.25, 0.3) is 5.69 Å². The number of benzene rings is 1. The molecule has 0 spiro atoms. The first-order valence-electron chi connectivity index (χ1n) is 5.69. The largest absolute Gasteiger partial charge is 0.416 e. The third kappa shape index (κ3) is 4.28. The zero-order chi connectivity index (χ0) is 16.2. The molecule has 0 aliphatic heterocycles. The monoisotopic (exact) mass is 303 g/mol. The molecule has 3 N–H and O–H groups in total. The van der Waals surface area contributed by atoms with Crippen molar-refractivity contribution in [1.82, 2.24) is 0 Å². The first-order valence-corrected chi connectivity index (χ1v) is 5.69. The summed E-state index contributed by atoms with van der Waals surface area (Å²) in [7, 11) is 0. The Bertz CT molecular complexity index is 573. The molecule has 0 bridgehead atoms. The second-order valence-corrected chi connectivity index (χ2v) is 4.11. The van der Waals surface area contributed by atoms with Gasteiger partial charge in [0.1, 0.15) is 5.69 Å². The van der Waals surface area contributed by atoms with Gasteiger partial charge in [-0.2, -0.15) is 13.2 Å². The predicted octanol–water partition coefficient (Wildman–Crippen LogP) is 2.46. The summed E-state index contributed by atoms with van der Waals surface area (Å²) < 4.78 is 37.5. The Morgan fingerprint density at radius 3 is 2.62 bits per heavy atom. The van der Waals surface area contributed by atoms with E-state index in [0.29, 0.717) is 12.1 Å². The van der Waals surface area contributed by atoms with E-state index in [1.807, 2.05) is 0 Å². The van der Waals surface area contributed by atoms with Gasteiger partial charge in [-0.05, 0) is 18.6 Å². The molecule has 1 unspecified atom stereocenters. The van der Waals surface area contributed by atoms with Crippen molar-refractivity contribution < 1.29 is 22.9 Å². The van der Waals surface area contributed by atoms with Crippen LogP contribution in [-0.4, -0.2) is 16.9 Å². The predicted molar refractivity (Wildman–Crippen MR) is 69.5 cm³/mol. The van der Waals surface area contributed by atoms with Gasteiger partial charge in [-0.25, -0.2) is 0 Å². The third-order valence-corrected chi connectivity index (χ3v) is 2.54. The number of amides is 1. The van der Waals surface area contributed by atoms with Crippen molar-refractivity contribution in [2.75, 3.05) is 5.32 Å². The minimum Gasteiger partial charge on any atom is -0.320 e. The molecule has 9 heteroatoms. The molecule has 0 saturated carbocycles. The molecule has 0 saturated heterocycles. The number of carbonyl (C=O) groups is 1. The molecule has 1 amide bonds. The summed E-state index contributed by atoms with van der Waals surface area (Å²) >= 11 is 0. The summed E-state index contributed by atoms with van der Waals surface area (Å²) in [5.74, 6) is -0.752. The highest BCUT2D eigenvalue weighted by Crippen LogP contribution is 2.34. The molecule has 6 nitrogen and oxygen atoms in total. The van der Waals surface area contributed by atoms with Crippen molar-refractivity contribution in [1.29, 1.82) is 0 Å². The number of nitro benzene ring substituents is 1. The Kier molecular flexibility index (Phi) is 5.03. The maximum Gasteiger partial charge on any atom is 0.416 e. The van der Waals surface area contributed by atoms with E-state index in [2.05, 4.69) is 11.9 Å². The van der Waals surface area contributed by atoms with Crippen molar-refractivity contribution in [3.8, 4) is 0 Å². The van der Waals surface area contributed by atoms with Crippen LogP contribution in [0.2, 0.25) is 0 Å². The SMILES string of the molecule is C=CCC(N)C(=O)Nc1ccc(C(F)(F)F)cc1[N+](=O)[O-]. The molecule has 0 heterocycles. The minimum absolute atomic E-state index is 0.125. The number of alkyl halides is 3. The van der Waals surface area contributed by atoms with Gasteiger partial charge in [-0.3, -0.25) is 14.9 Å². The van der Waals surface area contributed by atoms with E-state index in [1.165, 1.54) is 6.08 Å². The number of rotatable bonds is 5. The van der Waals surface area contributed by atoms with Crippen LogP contribution < -0.4 is 11.1 Å².